The predicted molar refractivity (Wildman–Crippen MR) is 46.9 cm³/mol. The van der Waals surface area contributed by atoms with E-state index in [4.69, 9.17) is 10.00 Å². The van der Waals surface area contributed by atoms with Gasteiger partial charge in [0, 0.05) is 0 Å². The molecule has 0 bridgehead atoms. The third kappa shape index (κ3) is 2.60. The molecule has 0 amide bonds. The van der Waals surface area contributed by atoms with Gasteiger partial charge in [0.05, 0.1) is 5.56 Å². The molecular weight excluding hydrogens is 166 g/mol. The molecule has 3 nitrogen and oxygen atoms in total. The second-order valence-corrected chi connectivity index (χ2v) is 2.54. The van der Waals surface area contributed by atoms with Gasteiger partial charge in [-0.1, -0.05) is 18.2 Å². The molecule has 1 aromatic rings. The van der Waals surface area contributed by atoms with E-state index < -0.39 is 12.1 Å². The zero-order valence-electron chi connectivity index (χ0n) is 7.23. The van der Waals surface area contributed by atoms with Gasteiger partial charge in [-0.05, 0) is 19.1 Å². The molecule has 0 saturated heterocycles. The van der Waals surface area contributed by atoms with Crippen LogP contribution in [0.15, 0.2) is 30.3 Å². The van der Waals surface area contributed by atoms with E-state index in [1.54, 1.807) is 24.3 Å². The van der Waals surface area contributed by atoms with Gasteiger partial charge in [-0.15, -0.1) is 0 Å². The molecule has 0 aliphatic rings. The number of nitrogens with zero attached hydrogens (tertiary/aromatic N) is 1. The molecule has 3 heteroatoms. The number of ether oxygens (including phenoxy) is 1. The van der Waals surface area contributed by atoms with Gasteiger partial charge in [0.2, 0.25) is 0 Å². The van der Waals surface area contributed by atoms with Crippen molar-refractivity contribution < 1.29 is 9.53 Å². The maximum absolute atomic E-state index is 11.2. The molecule has 1 aromatic carbocycles. The van der Waals surface area contributed by atoms with Crippen LogP contribution in [-0.2, 0) is 4.74 Å². The molecule has 0 unspecified atom stereocenters. The zero-order valence-corrected chi connectivity index (χ0v) is 7.23. The lowest BCUT2D eigenvalue weighted by atomic mass is 10.2. The fraction of sp³-hybridized carbons (Fsp3) is 0.200. The van der Waals surface area contributed by atoms with E-state index in [2.05, 4.69) is 0 Å². The van der Waals surface area contributed by atoms with Crippen LogP contribution in [0.4, 0.5) is 0 Å². The van der Waals surface area contributed by atoms with Crippen molar-refractivity contribution in [3.63, 3.8) is 0 Å². The van der Waals surface area contributed by atoms with Crippen molar-refractivity contribution in [1.29, 1.82) is 5.26 Å². The Balaban J connectivity index is 2.66. The van der Waals surface area contributed by atoms with Crippen molar-refractivity contribution in [3.05, 3.63) is 35.9 Å². The number of rotatable bonds is 2. The van der Waals surface area contributed by atoms with E-state index in [-0.39, 0.29) is 0 Å². The van der Waals surface area contributed by atoms with E-state index in [9.17, 15) is 4.79 Å². The van der Waals surface area contributed by atoms with Gasteiger partial charge in [-0.3, -0.25) is 0 Å². The van der Waals surface area contributed by atoms with Crippen LogP contribution in [0.5, 0.6) is 0 Å². The van der Waals surface area contributed by atoms with Crippen molar-refractivity contribution in [3.8, 4) is 6.07 Å². The Morgan fingerprint density at radius 2 is 2.08 bits per heavy atom. The molecule has 0 N–H and O–H groups in total. The average molecular weight is 175 g/mol. The summed E-state index contributed by atoms with van der Waals surface area (Å²) in [7, 11) is 0. The summed E-state index contributed by atoms with van der Waals surface area (Å²) >= 11 is 0. The molecular formula is C10H9NO2. The molecule has 1 rings (SSSR count). The summed E-state index contributed by atoms with van der Waals surface area (Å²) in [5, 5.41) is 8.40. The van der Waals surface area contributed by atoms with Crippen molar-refractivity contribution in [2.75, 3.05) is 0 Å². The minimum Gasteiger partial charge on any atom is -0.444 e. The summed E-state index contributed by atoms with van der Waals surface area (Å²) in [4.78, 5) is 11.2. The van der Waals surface area contributed by atoms with E-state index in [0.29, 0.717) is 5.56 Å². The molecule has 0 saturated carbocycles. The fourth-order valence-corrected chi connectivity index (χ4v) is 0.829. The topological polar surface area (TPSA) is 50.1 Å². The first kappa shape index (κ1) is 9.27. The van der Waals surface area contributed by atoms with Crippen LogP contribution in [0.3, 0.4) is 0 Å². The van der Waals surface area contributed by atoms with Crippen molar-refractivity contribution in [2.45, 2.75) is 13.0 Å². The second-order valence-electron chi connectivity index (χ2n) is 2.54. The molecule has 0 aliphatic carbocycles. The van der Waals surface area contributed by atoms with Crippen LogP contribution in [-0.4, -0.2) is 12.1 Å². The first-order valence-electron chi connectivity index (χ1n) is 3.89. The number of carbonyl (C=O) groups excluding carboxylic acids is 1. The summed E-state index contributed by atoms with van der Waals surface area (Å²) in [6, 6.07) is 10.4. The average Bonchev–Trinajstić information content (AvgIpc) is 2.19. The number of hydrogen-bond acceptors (Lipinski definition) is 3. The van der Waals surface area contributed by atoms with Crippen LogP contribution in [0.2, 0.25) is 0 Å². The second kappa shape index (κ2) is 4.27. The monoisotopic (exact) mass is 175 g/mol. The normalized spacial score (nSPS) is 11.4. The van der Waals surface area contributed by atoms with E-state index >= 15 is 0 Å². The highest BCUT2D eigenvalue weighted by Crippen LogP contribution is 2.02. The van der Waals surface area contributed by atoms with Crippen LogP contribution < -0.4 is 0 Å². The van der Waals surface area contributed by atoms with E-state index in [0.717, 1.165) is 0 Å². The standard InChI is InChI=1S/C10H9NO2/c1-8(7-11)13-10(12)9-5-3-2-4-6-9/h2-6,8H,1H3/t8-/m0/s1. The van der Waals surface area contributed by atoms with Gasteiger partial charge < -0.3 is 4.74 Å². The third-order valence-corrected chi connectivity index (χ3v) is 1.48. The van der Waals surface area contributed by atoms with Gasteiger partial charge in [-0.25, -0.2) is 4.79 Å². The molecule has 13 heavy (non-hydrogen) atoms. The molecule has 0 heterocycles. The molecule has 66 valence electrons. The Labute approximate surface area is 76.6 Å². The largest absolute Gasteiger partial charge is 0.444 e. The lowest BCUT2D eigenvalue weighted by Gasteiger charge is -2.04. The highest BCUT2D eigenvalue weighted by atomic mass is 16.5. The fourth-order valence-electron chi connectivity index (χ4n) is 0.829. The molecule has 0 fully saturated rings. The van der Waals surface area contributed by atoms with Gasteiger partial charge >= 0.3 is 5.97 Å². The maximum atomic E-state index is 11.2. The van der Waals surface area contributed by atoms with Crippen LogP contribution in [0.1, 0.15) is 17.3 Å². The Bertz CT molecular complexity index is 327. The number of hydrogen-bond donors (Lipinski definition) is 0. The Morgan fingerprint density at radius 1 is 1.46 bits per heavy atom. The van der Waals surface area contributed by atoms with Gasteiger partial charge in [-0.2, -0.15) is 5.26 Å². The van der Waals surface area contributed by atoms with Crippen molar-refractivity contribution in [2.24, 2.45) is 0 Å². The highest BCUT2D eigenvalue weighted by molar-refractivity contribution is 5.89. The van der Waals surface area contributed by atoms with E-state index in [1.807, 2.05) is 12.1 Å². The smallest absolute Gasteiger partial charge is 0.339 e. The van der Waals surface area contributed by atoms with Crippen LogP contribution in [0.25, 0.3) is 0 Å². The van der Waals surface area contributed by atoms with Crippen LogP contribution in [0, 0.1) is 11.3 Å². The number of carbonyl (C=O) groups is 1. The molecule has 0 aliphatic heterocycles. The maximum Gasteiger partial charge on any atom is 0.339 e. The first-order valence-corrected chi connectivity index (χ1v) is 3.89. The van der Waals surface area contributed by atoms with Gasteiger partial charge in [0.1, 0.15) is 6.07 Å². The molecule has 1 atom stereocenters. The Morgan fingerprint density at radius 3 is 2.62 bits per heavy atom. The summed E-state index contributed by atoms with van der Waals surface area (Å²) in [6.45, 7) is 1.53. The molecule has 0 aromatic heterocycles. The quantitative estimate of drug-likeness (QED) is 0.643. The summed E-state index contributed by atoms with van der Waals surface area (Å²) in [5.41, 5.74) is 0.463. The lowest BCUT2D eigenvalue weighted by molar-refractivity contribution is 0.0435. The number of benzene rings is 1. The summed E-state index contributed by atoms with van der Waals surface area (Å²) in [5.74, 6) is -0.463. The first-order chi connectivity index (χ1) is 6.24. The summed E-state index contributed by atoms with van der Waals surface area (Å²) in [6.07, 6.45) is -0.701. The van der Waals surface area contributed by atoms with Gasteiger partial charge in [0.25, 0.3) is 0 Å². The molecule has 0 spiro atoms. The van der Waals surface area contributed by atoms with Crippen molar-refractivity contribution in [1.82, 2.24) is 0 Å². The number of nitriles is 1. The van der Waals surface area contributed by atoms with Crippen molar-refractivity contribution >= 4 is 5.97 Å². The zero-order chi connectivity index (χ0) is 9.68. The molecule has 0 radical (unpaired) electrons. The predicted octanol–water partition coefficient (Wildman–Crippen LogP) is 1.76. The highest BCUT2D eigenvalue weighted by Gasteiger charge is 2.09. The number of esters is 1. The van der Waals surface area contributed by atoms with Crippen LogP contribution >= 0.6 is 0 Å². The third-order valence-electron chi connectivity index (χ3n) is 1.48. The minimum atomic E-state index is -0.701. The minimum absolute atomic E-state index is 0.463. The van der Waals surface area contributed by atoms with E-state index in [1.165, 1.54) is 6.92 Å². The lowest BCUT2D eigenvalue weighted by Crippen LogP contribution is -2.12. The SMILES string of the molecule is C[C@@H](C#N)OC(=O)c1ccccc1. The Kier molecular flexibility index (Phi) is 3.04. The summed E-state index contributed by atoms with van der Waals surface area (Å²) < 4.78 is 4.79. The Hall–Kier alpha value is -1.82. The van der Waals surface area contributed by atoms with Gasteiger partial charge in [0.15, 0.2) is 6.10 Å².